The molecule has 1 aromatic carbocycles. The molecule has 3 rings (SSSR count). The van der Waals surface area contributed by atoms with Crippen molar-refractivity contribution in [2.45, 2.75) is 26.2 Å². The average molecular weight is 274 g/mol. The SMILES string of the molecule is Cc1cc(-c2nnc(N3CCCCC3)s2)ccc1N. The molecule has 2 N–H and O–H groups in total. The topological polar surface area (TPSA) is 55.0 Å². The second-order valence-corrected chi connectivity index (χ2v) is 5.96. The molecule has 5 heteroatoms. The highest BCUT2D eigenvalue weighted by atomic mass is 32.1. The van der Waals surface area contributed by atoms with E-state index in [1.54, 1.807) is 11.3 Å². The molecule has 1 saturated heterocycles. The Balaban J connectivity index is 1.85. The fourth-order valence-electron chi connectivity index (χ4n) is 2.35. The summed E-state index contributed by atoms with van der Waals surface area (Å²) in [5, 5.41) is 10.7. The standard InChI is InChI=1S/C14H18N4S/c1-10-9-11(5-6-12(10)15)13-16-17-14(19-13)18-7-3-2-4-8-18/h5-6,9H,2-4,7-8,15H2,1H3. The number of nitrogens with zero attached hydrogens (tertiary/aromatic N) is 3. The molecule has 1 aliphatic heterocycles. The molecule has 2 heterocycles. The number of nitrogen functional groups attached to an aromatic ring is 1. The largest absolute Gasteiger partial charge is 0.399 e. The highest BCUT2D eigenvalue weighted by molar-refractivity contribution is 7.18. The van der Waals surface area contributed by atoms with E-state index in [2.05, 4.69) is 21.2 Å². The summed E-state index contributed by atoms with van der Waals surface area (Å²) in [6, 6.07) is 6.03. The van der Waals surface area contributed by atoms with Crippen LogP contribution in [0.2, 0.25) is 0 Å². The van der Waals surface area contributed by atoms with Crippen LogP contribution >= 0.6 is 11.3 Å². The first kappa shape index (κ1) is 12.4. The van der Waals surface area contributed by atoms with Gasteiger partial charge in [-0.15, -0.1) is 10.2 Å². The van der Waals surface area contributed by atoms with Crippen molar-refractivity contribution in [1.29, 1.82) is 0 Å². The lowest BCUT2D eigenvalue weighted by atomic mass is 10.1. The lowest BCUT2D eigenvalue weighted by molar-refractivity contribution is 0.575. The summed E-state index contributed by atoms with van der Waals surface area (Å²) in [5.41, 5.74) is 8.87. The maximum atomic E-state index is 5.85. The van der Waals surface area contributed by atoms with Gasteiger partial charge in [-0.2, -0.15) is 0 Å². The third-order valence-corrected chi connectivity index (χ3v) is 4.59. The normalized spacial score (nSPS) is 15.7. The van der Waals surface area contributed by atoms with Gasteiger partial charge >= 0.3 is 0 Å². The van der Waals surface area contributed by atoms with E-state index in [0.29, 0.717) is 0 Å². The predicted octanol–water partition coefficient (Wildman–Crippen LogP) is 3.09. The Labute approximate surface area is 117 Å². The van der Waals surface area contributed by atoms with Crippen molar-refractivity contribution in [2.75, 3.05) is 23.7 Å². The minimum atomic E-state index is 0.824. The zero-order valence-corrected chi connectivity index (χ0v) is 11.9. The minimum absolute atomic E-state index is 0.824. The Kier molecular flexibility index (Phi) is 3.38. The smallest absolute Gasteiger partial charge is 0.208 e. The molecule has 1 aliphatic rings. The summed E-state index contributed by atoms with van der Waals surface area (Å²) in [5.74, 6) is 0. The van der Waals surface area contributed by atoms with E-state index in [1.165, 1.54) is 19.3 Å². The number of benzene rings is 1. The summed E-state index contributed by atoms with van der Waals surface area (Å²) in [4.78, 5) is 2.34. The molecule has 0 aliphatic carbocycles. The highest BCUT2D eigenvalue weighted by Gasteiger charge is 2.16. The van der Waals surface area contributed by atoms with E-state index in [4.69, 9.17) is 5.73 Å². The molecular formula is C14H18N4S. The maximum Gasteiger partial charge on any atom is 0.208 e. The van der Waals surface area contributed by atoms with E-state index < -0.39 is 0 Å². The van der Waals surface area contributed by atoms with E-state index in [1.807, 2.05) is 19.1 Å². The van der Waals surface area contributed by atoms with E-state index in [9.17, 15) is 0 Å². The number of nitrogens with two attached hydrogens (primary N) is 1. The van der Waals surface area contributed by atoms with E-state index in [0.717, 1.165) is 40.0 Å². The van der Waals surface area contributed by atoms with Gasteiger partial charge in [0.1, 0.15) is 5.01 Å². The maximum absolute atomic E-state index is 5.85. The Morgan fingerprint density at radius 2 is 1.95 bits per heavy atom. The van der Waals surface area contributed by atoms with Crippen molar-refractivity contribution in [3.05, 3.63) is 23.8 Å². The Hall–Kier alpha value is -1.62. The molecule has 0 saturated carbocycles. The molecule has 4 nitrogen and oxygen atoms in total. The minimum Gasteiger partial charge on any atom is -0.399 e. The number of hydrogen-bond acceptors (Lipinski definition) is 5. The van der Waals surface area contributed by atoms with Crippen LogP contribution in [0.1, 0.15) is 24.8 Å². The summed E-state index contributed by atoms with van der Waals surface area (Å²) < 4.78 is 0. The quantitative estimate of drug-likeness (QED) is 0.855. The van der Waals surface area contributed by atoms with Crippen LogP contribution in [0.5, 0.6) is 0 Å². The van der Waals surface area contributed by atoms with Crippen LogP contribution < -0.4 is 10.6 Å². The van der Waals surface area contributed by atoms with Gasteiger partial charge in [0.25, 0.3) is 0 Å². The monoisotopic (exact) mass is 274 g/mol. The first-order valence-corrected chi connectivity index (χ1v) is 7.50. The van der Waals surface area contributed by atoms with Gasteiger partial charge in [-0.05, 0) is 49.9 Å². The molecule has 0 bridgehead atoms. The van der Waals surface area contributed by atoms with Gasteiger partial charge in [0.05, 0.1) is 0 Å². The zero-order valence-electron chi connectivity index (χ0n) is 11.1. The first-order valence-electron chi connectivity index (χ1n) is 6.69. The molecule has 0 atom stereocenters. The van der Waals surface area contributed by atoms with Crippen molar-refractivity contribution in [1.82, 2.24) is 10.2 Å². The lowest BCUT2D eigenvalue weighted by Gasteiger charge is -2.25. The lowest BCUT2D eigenvalue weighted by Crippen LogP contribution is -2.29. The fraction of sp³-hybridized carbons (Fsp3) is 0.429. The van der Waals surface area contributed by atoms with Crippen molar-refractivity contribution < 1.29 is 0 Å². The van der Waals surface area contributed by atoms with Crippen LogP contribution in [-0.4, -0.2) is 23.3 Å². The van der Waals surface area contributed by atoms with Crippen LogP contribution in [0.3, 0.4) is 0 Å². The van der Waals surface area contributed by atoms with Crippen LogP contribution in [0, 0.1) is 6.92 Å². The molecule has 19 heavy (non-hydrogen) atoms. The van der Waals surface area contributed by atoms with E-state index >= 15 is 0 Å². The second kappa shape index (κ2) is 5.17. The van der Waals surface area contributed by atoms with Gasteiger partial charge in [-0.3, -0.25) is 0 Å². The number of aryl methyl sites for hydroxylation is 1. The third kappa shape index (κ3) is 2.56. The molecule has 0 amide bonds. The number of anilines is 2. The van der Waals surface area contributed by atoms with Gasteiger partial charge in [-0.1, -0.05) is 11.3 Å². The van der Waals surface area contributed by atoms with Crippen LogP contribution in [-0.2, 0) is 0 Å². The summed E-state index contributed by atoms with van der Waals surface area (Å²) in [7, 11) is 0. The number of rotatable bonds is 2. The van der Waals surface area contributed by atoms with Crippen molar-refractivity contribution >= 4 is 22.2 Å². The number of hydrogen-bond donors (Lipinski definition) is 1. The van der Waals surface area contributed by atoms with Crippen molar-refractivity contribution in [2.24, 2.45) is 0 Å². The Morgan fingerprint density at radius 1 is 1.16 bits per heavy atom. The molecule has 1 fully saturated rings. The number of piperidine rings is 1. The third-order valence-electron chi connectivity index (χ3n) is 3.56. The average Bonchev–Trinajstić information content (AvgIpc) is 2.93. The highest BCUT2D eigenvalue weighted by Crippen LogP contribution is 2.31. The van der Waals surface area contributed by atoms with Crippen LogP contribution in [0.25, 0.3) is 10.6 Å². The summed E-state index contributed by atoms with van der Waals surface area (Å²) in [6.45, 7) is 4.23. The predicted molar refractivity (Wildman–Crippen MR) is 80.6 cm³/mol. The Bertz CT molecular complexity index is 573. The van der Waals surface area contributed by atoms with Crippen molar-refractivity contribution in [3.63, 3.8) is 0 Å². The Morgan fingerprint density at radius 3 is 2.68 bits per heavy atom. The van der Waals surface area contributed by atoms with Gasteiger partial charge < -0.3 is 10.6 Å². The molecular weight excluding hydrogens is 256 g/mol. The van der Waals surface area contributed by atoms with Gasteiger partial charge in [0.15, 0.2) is 0 Å². The fourth-order valence-corrected chi connectivity index (χ4v) is 3.25. The molecule has 0 spiro atoms. The molecule has 1 aromatic heterocycles. The van der Waals surface area contributed by atoms with Crippen molar-refractivity contribution in [3.8, 4) is 10.6 Å². The molecule has 2 aromatic rings. The summed E-state index contributed by atoms with van der Waals surface area (Å²) >= 11 is 1.67. The summed E-state index contributed by atoms with van der Waals surface area (Å²) in [6.07, 6.45) is 3.85. The zero-order chi connectivity index (χ0) is 13.2. The molecule has 0 radical (unpaired) electrons. The van der Waals surface area contributed by atoms with Crippen LogP contribution in [0.4, 0.5) is 10.8 Å². The number of aromatic nitrogens is 2. The van der Waals surface area contributed by atoms with Crippen LogP contribution in [0.15, 0.2) is 18.2 Å². The van der Waals surface area contributed by atoms with Gasteiger partial charge in [0.2, 0.25) is 5.13 Å². The van der Waals surface area contributed by atoms with E-state index in [-0.39, 0.29) is 0 Å². The van der Waals surface area contributed by atoms with Gasteiger partial charge in [0, 0.05) is 24.3 Å². The van der Waals surface area contributed by atoms with Gasteiger partial charge in [-0.25, -0.2) is 0 Å². The second-order valence-electron chi connectivity index (χ2n) is 5.01. The molecule has 100 valence electrons. The first-order chi connectivity index (χ1) is 9.24. The molecule has 0 unspecified atom stereocenters.